The average Bonchev–Trinajstić information content (AvgIpc) is 2.98. The first-order valence-corrected chi connectivity index (χ1v) is 6.83. The Morgan fingerprint density at radius 2 is 2.00 bits per heavy atom. The molecule has 0 unspecified atom stereocenters. The van der Waals surface area contributed by atoms with Crippen LogP contribution in [0.15, 0.2) is 34.7 Å². The van der Waals surface area contributed by atoms with Crippen molar-refractivity contribution in [3.63, 3.8) is 0 Å². The molecule has 1 aliphatic heterocycles. The van der Waals surface area contributed by atoms with Crippen molar-refractivity contribution in [1.29, 1.82) is 0 Å². The molecule has 2 heterocycles. The molecule has 0 spiro atoms. The van der Waals surface area contributed by atoms with Crippen molar-refractivity contribution >= 4 is 23.6 Å². The number of benzene rings is 1. The van der Waals surface area contributed by atoms with Gasteiger partial charge >= 0.3 is 0 Å². The highest BCUT2D eigenvalue weighted by molar-refractivity contribution is 5.91. The van der Waals surface area contributed by atoms with E-state index in [-0.39, 0.29) is 11.5 Å². The van der Waals surface area contributed by atoms with Crippen molar-refractivity contribution < 1.29 is 13.9 Å². The number of Topliss-reactive ketones (excluding diaryl/α,β-unsaturated/α-hetero) is 1. The number of ketones is 1. The topological polar surface area (TPSA) is 51.5 Å². The summed E-state index contributed by atoms with van der Waals surface area (Å²) in [4.78, 5) is 11.2. The fraction of sp³-hybridized carbons (Fsp3) is 0.235. The average molecular weight is 283 g/mol. The van der Waals surface area contributed by atoms with Crippen molar-refractivity contribution in [1.82, 2.24) is 0 Å². The Kier molecular flexibility index (Phi) is 3.09. The minimum Gasteiger partial charge on any atom is -0.467 e. The predicted octanol–water partition coefficient (Wildman–Crippen LogP) is 4.19. The largest absolute Gasteiger partial charge is 0.467 e. The van der Waals surface area contributed by atoms with E-state index >= 15 is 0 Å². The summed E-state index contributed by atoms with van der Waals surface area (Å²) in [5.74, 6) is 1.79. The van der Waals surface area contributed by atoms with E-state index in [0.717, 1.165) is 17.0 Å². The molecule has 0 aliphatic carbocycles. The molecule has 1 aromatic carbocycles. The molecular formula is C17H17NO3. The normalized spacial score (nSPS) is 15.6. The van der Waals surface area contributed by atoms with Crippen LogP contribution in [0, 0.1) is 0 Å². The van der Waals surface area contributed by atoms with Gasteiger partial charge in [0.25, 0.3) is 0 Å². The molecule has 21 heavy (non-hydrogen) atoms. The van der Waals surface area contributed by atoms with E-state index in [9.17, 15) is 4.79 Å². The lowest BCUT2D eigenvalue weighted by Gasteiger charge is -2.17. The zero-order chi connectivity index (χ0) is 15.0. The lowest BCUT2D eigenvalue weighted by Crippen LogP contribution is -2.31. The zero-order valence-corrected chi connectivity index (χ0v) is 12.3. The van der Waals surface area contributed by atoms with Crippen LogP contribution in [0.1, 0.15) is 42.6 Å². The van der Waals surface area contributed by atoms with Gasteiger partial charge in [0.15, 0.2) is 17.3 Å². The lowest BCUT2D eigenvalue weighted by molar-refractivity contribution is 0.0987. The molecule has 1 aromatic heterocycles. The second-order valence-corrected chi connectivity index (χ2v) is 5.58. The van der Waals surface area contributed by atoms with Crippen LogP contribution >= 0.6 is 0 Å². The SMILES string of the molecule is CC(=O)c1ccc(/C=C/c2ccc3c(c2)OC(C)(C)N3)o1. The minimum absolute atomic E-state index is 0.0751. The first-order valence-electron chi connectivity index (χ1n) is 6.83. The van der Waals surface area contributed by atoms with Crippen molar-refractivity contribution in [2.45, 2.75) is 26.5 Å². The van der Waals surface area contributed by atoms with Gasteiger partial charge in [-0.2, -0.15) is 0 Å². The third kappa shape index (κ3) is 2.84. The fourth-order valence-electron chi connectivity index (χ4n) is 2.27. The van der Waals surface area contributed by atoms with Crippen LogP contribution in [0.5, 0.6) is 5.75 Å². The third-order valence-corrected chi connectivity index (χ3v) is 3.22. The Morgan fingerprint density at radius 1 is 1.19 bits per heavy atom. The van der Waals surface area contributed by atoms with E-state index in [1.807, 2.05) is 44.2 Å². The molecule has 0 saturated carbocycles. The Hall–Kier alpha value is -2.49. The molecule has 1 N–H and O–H groups in total. The molecular weight excluding hydrogens is 266 g/mol. The van der Waals surface area contributed by atoms with E-state index in [0.29, 0.717) is 11.5 Å². The van der Waals surface area contributed by atoms with E-state index in [2.05, 4.69) is 5.32 Å². The Morgan fingerprint density at radius 3 is 2.71 bits per heavy atom. The summed E-state index contributed by atoms with van der Waals surface area (Å²) in [5.41, 5.74) is 1.63. The molecule has 1 aliphatic rings. The van der Waals surface area contributed by atoms with Crippen LogP contribution in [0.25, 0.3) is 12.2 Å². The van der Waals surface area contributed by atoms with Gasteiger partial charge in [-0.05, 0) is 49.8 Å². The molecule has 3 rings (SSSR count). The van der Waals surface area contributed by atoms with Crippen LogP contribution in [-0.2, 0) is 0 Å². The van der Waals surface area contributed by atoms with Crippen molar-refractivity contribution in [3.8, 4) is 5.75 Å². The van der Waals surface area contributed by atoms with Crippen molar-refractivity contribution in [2.75, 3.05) is 5.32 Å². The quantitative estimate of drug-likeness (QED) is 0.858. The van der Waals surface area contributed by atoms with Crippen LogP contribution in [0.2, 0.25) is 0 Å². The number of anilines is 1. The maximum atomic E-state index is 11.2. The summed E-state index contributed by atoms with van der Waals surface area (Å²) in [7, 11) is 0. The highest BCUT2D eigenvalue weighted by Gasteiger charge is 2.28. The number of hydrogen-bond acceptors (Lipinski definition) is 4. The number of hydrogen-bond donors (Lipinski definition) is 1. The standard InChI is InChI=1S/C17H17NO3/c1-11(19)15-9-7-13(20-15)6-4-12-5-8-14-16(10-12)21-17(2,3)18-14/h4-10,18H,1-3H3/b6-4+. The van der Waals surface area contributed by atoms with Crippen molar-refractivity contribution in [2.24, 2.45) is 0 Å². The Bertz CT molecular complexity index is 725. The Labute approximate surface area is 123 Å². The maximum Gasteiger partial charge on any atom is 0.194 e. The first kappa shape index (κ1) is 13.5. The monoisotopic (exact) mass is 283 g/mol. The van der Waals surface area contributed by atoms with Gasteiger partial charge in [-0.15, -0.1) is 0 Å². The number of fused-ring (bicyclic) bond motifs is 1. The van der Waals surface area contributed by atoms with Crippen LogP contribution in [-0.4, -0.2) is 11.5 Å². The maximum absolute atomic E-state index is 11.2. The molecule has 0 saturated heterocycles. The lowest BCUT2D eigenvalue weighted by atomic mass is 10.1. The zero-order valence-electron chi connectivity index (χ0n) is 12.3. The van der Waals surface area contributed by atoms with Gasteiger partial charge in [-0.1, -0.05) is 12.1 Å². The van der Waals surface area contributed by atoms with E-state index < -0.39 is 0 Å². The molecule has 4 nitrogen and oxygen atoms in total. The highest BCUT2D eigenvalue weighted by atomic mass is 16.5. The summed E-state index contributed by atoms with van der Waals surface area (Å²) >= 11 is 0. The van der Waals surface area contributed by atoms with E-state index in [1.54, 1.807) is 12.1 Å². The van der Waals surface area contributed by atoms with Crippen molar-refractivity contribution in [3.05, 3.63) is 47.4 Å². The summed E-state index contributed by atoms with van der Waals surface area (Å²) in [5, 5.41) is 3.29. The van der Waals surface area contributed by atoms with Gasteiger partial charge in [0.1, 0.15) is 11.5 Å². The van der Waals surface area contributed by atoms with Gasteiger partial charge < -0.3 is 14.5 Å². The summed E-state index contributed by atoms with van der Waals surface area (Å²) < 4.78 is 11.2. The minimum atomic E-state index is -0.373. The molecule has 2 aromatic rings. The number of nitrogens with one attached hydrogen (secondary N) is 1. The van der Waals surface area contributed by atoms with Crippen LogP contribution in [0.4, 0.5) is 5.69 Å². The second-order valence-electron chi connectivity index (χ2n) is 5.58. The number of furan rings is 1. The molecule has 0 amide bonds. The number of carbonyl (C=O) groups excluding carboxylic acids is 1. The van der Waals surface area contributed by atoms with Crippen LogP contribution in [0.3, 0.4) is 0 Å². The molecule has 4 heteroatoms. The van der Waals surface area contributed by atoms with Crippen LogP contribution < -0.4 is 10.1 Å². The summed E-state index contributed by atoms with van der Waals surface area (Å²) in [6.45, 7) is 5.45. The number of rotatable bonds is 3. The van der Waals surface area contributed by atoms with Gasteiger partial charge in [0.05, 0.1) is 5.69 Å². The summed E-state index contributed by atoms with van der Waals surface area (Å²) in [6, 6.07) is 9.43. The van der Waals surface area contributed by atoms with Gasteiger partial charge in [-0.25, -0.2) is 0 Å². The molecule has 0 radical (unpaired) electrons. The molecule has 108 valence electrons. The fourth-order valence-corrected chi connectivity index (χ4v) is 2.27. The number of ether oxygens (including phenoxy) is 1. The van der Waals surface area contributed by atoms with Gasteiger partial charge in [-0.3, -0.25) is 4.79 Å². The number of carbonyl (C=O) groups is 1. The smallest absolute Gasteiger partial charge is 0.194 e. The first-order chi connectivity index (χ1) is 9.93. The summed E-state index contributed by atoms with van der Waals surface area (Å²) in [6.07, 6.45) is 3.76. The highest BCUT2D eigenvalue weighted by Crippen LogP contribution is 2.37. The second kappa shape index (κ2) is 4.81. The van der Waals surface area contributed by atoms with Gasteiger partial charge in [0.2, 0.25) is 0 Å². The molecule has 0 bridgehead atoms. The van der Waals surface area contributed by atoms with Gasteiger partial charge in [0, 0.05) is 6.92 Å². The molecule has 0 atom stereocenters. The third-order valence-electron chi connectivity index (χ3n) is 3.22. The van der Waals surface area contributed by atoms with E-state index in [1.165, 1.54) is 6.92 Å². The molecule has 0 fully saturated rings. The predicted molar refractivity (Wildman–Crippen MR) is 82.4 cm³/mol. The Balaban J connectivity index is 1.79. The van der Waals surface area contributed by atoms with E-state index in [4.69, 9.17) is 9.15 Å².